The van der Waals surface area contributed by atoms with Crippen LogP contribution in [0.1, 0.15) is 9.27 Å². The van der Waals surface area contributed by atoms with Crippen LogP contribution in [-0.4, -0.2) is 21.1 Å². The molecule has 0 unspecified atom stereocenters. The van der Waals surface area contributed by atoms with Gasteiger partial charge in [-0.25, -0.2) is 0 Å². The zero-order valence-corrected chi connectivity index (χ0v) is 9.75. The van der Waals surface area contributed by atoms with Crippen molar-refractivity contribution >= 4 is 0 Å². The summed E-state index contributed by atoms with van der Waals surface area (Å²) in [5.74, 6) is 0. The van der Waals surface area contributed by atoms with E-state index < -0.39 is 0 Å². The summed E-state index contributed by atoms with van der Waals surface area (Å²) in [4.78, 5) is 0. The molecule has 1 aliphatic carbocycles. The van der Waals surface area contributed by atoms with Crippen molar-refractivity contribution in [2.45, 2.75) is 6.42 Å². The number of allylic oxidation sites excluding steroid dienone is 4. The minimum atomic E-state index is 0. The molecule has 0 atom stereocenters. The fraction of sp³-hybridized carbons (Fsp3) is 0.500. The zero-order chi connectivity index (χ0) is 9.54. The van der Waals surface area contributed by atoms with Crippen molar-refractivity contribution in [3.8, 4) is 0 Å². The maximum Gasteiger partial charge on any atom is 1.00 e. The van der Waals surface area contributed by atoms with Crippen LogP contribution in [0.25, 0.3) is 0 Å². The van der Waals surface area contributed by atoms with Crippen molar-refractivity contribution in [1.29, 1.82) is 0 Å². The van der Waals surface area contributed by atoms with E-state index in [1.807, 2.05) is 0 Å². The second kappa shape index (κ2) is 54.3. The molecule has 0 saturated carbocycles. The predicted molar refractivity (Wildman–Crippen MR) is 55.5 cm³/mol. The molecule has 0 aromatic rings. The molecule has 1 rings (SSSR count). The summed E-state index contributed by atoms with van der Waals surface area (Å²) < 4.78 is 0. The minimum Gasteiger partial charge on any atom is -1.00 e. The first-order chi connectivity index (χ1) is 5.50. The van der Waals surface area contributed by atoms with Gasteiger partial charge >= 0.3 is 37.7 Å². The van der Waals surface area contributed by atoms with Gasteiger partial charge in [0, 0.05) is 0 Å². The number of nitrogens with two attached hydrogens (primary N) is 3. The van der Waals surface area contributed by atoms with Crippen LogP contribution in [0.15, 0.2) is 24.3 Å². The maximum atomic E-state index is 4.50. The number of hydrogen-bond donors (Lipinski definition) is 3. The molecule has 0 aromatic heterocycles. The van der Waals surface area contributed by atoms with E-state index in [9.17, 15) is 0 Å². The maximum absolute atomic E-state index is 4.50. The quantitative estimate of drug-likeness (QED) is 0.321. The summed E-state index contributed by atoms with van der Waals surface area (Å²) in [6, 6.07) is 0. The van der Waals surface area contributed by atoms with Crippen molar-refractivity contribution in [2.75, 3.05) is 21.1 Å². The third-order valence-corrected chi connectivity index (χ3v) is 0.655. The topological polar surface area (TPSA) is 78.1 Å². The second-order valence-corrected chi connectivity index (χ2v) is 1.09. The molecule has 5 heteroatoms. The van der Waals surface area contributed by atoms with E-state index >= 15 is 0 Å². The van der Waals surface area contributed by atoms with Crippen molar-refractivity contribution in [3.05, 3.63) is 24.3 Å². The number of hydrogen-bond acceptors (Lipinski definition) is 3. The molecule has 13 heavy (non-hydrogen) atoms. The monoisotopic (exact) mass is 175 g/mol. The predicted octanol–water partition coefficient (Wildman–Crippen LogP) is -5.54. The van der Waals surface area contributed by atoms with Crippen molar-refractivity contribution < 1.29 is 40.6 Å². The van der Waals surface area contributed by atoms with Gasteiger partial charge in [0.15, 0.2) is 0 Å². The fourth-order valence-corrected chi connectivity index (χ4v) is 0.393. The van der Waals surface area contributed by atoms with Crippen LogP contribution in [-0.2, 0) is 0 Å². The Bertz CT molecular complexity index is 84.0. The first kappa shape index (κ1) is 29.2. The van der Waals surface area contributed by atoms with Gasteiger partial charge in [-0.15, -0.1) is 0 Å². The molecule has 0 fully saturated rings. The van der Waals surface area contributed by atoms with Crippen LogP contribution in [0.3, 0.4) is 0 Å². The van der Waals surface area contributed by atoms with Gasteiger partial charge in [0.1, 0.15) is 0 Å². The molecule has 1 aliphatic rings. The molecule has 0 saturated heterocycles. The molecule has 6 N–H and O–H groups in total. The van der Waals surface area contributed by atoms with Crippen molar-refractivity contribution in [2.24, 2.45) is 17.2 Å². The first-order valence-electron chi connectivity index (χ1n) is 3.55. The van der Waals surface area contributed by atoms with Gasteiger partial charge in [-0.3, -0.25) is 0 Å². The van der Waals surface area contributed by atoms with Crippen LogP contribution in [0.5, 0.6) is 0 Å². The average molecular weight is 175 g/mol. The van der Waals surface area contributed by atoms with Gasteiger partial charge in [-0.05, 0) is 27.6 Å². The molecule has 0 heterocycles. The standard InChI is InChI=1S/C5H6.3CH5N.2Li.2H/c1-2-4-5-3-1;3*1-2;;;;/h1-4H,5H2;3*2H2,1H3;;;;/q;;;;2*+1;2*-1. The molecule has 0 aromatic carbocycles. The Morgan fingerprint density at radius 3 is 1.08 bits per heavy atom. The normalized spacial score (nSPS) is 8.15. The van der Waals surface area contributed by atoms with Gasteiger partial charge in [-0.1, -0.05) is 24.3 Å². The average Bonchev–Trinajstić information content (AvgIpc) is 2.71. The van der Waals surface area contributed by atoms with Crippen LogP contribution >= 0.6 is 0 Å². The van der Waals surface area contributed by atoms with Crippen LogP contribution < -0.4 is 54.9 Å². The largest absolute Gasteiger partial charge is 1.00 e. The van der Waals surface area contributed by atoms with E-state index in [1.165, 1.54) is 21.1 Å². The summed E-state index contributed by atoms with van der Waals surface area (Å²) in [6.07, 6.45) is 9.50. The second-order valence-electron chi connectivity index (χ2n) is 1.09. The van der Waals surface area contributed by atoms with Gasteiger partial charge in [0.25, 0.3) is 0 Å². The van der Waals surface area contributed by atoms with Crippen LogP contribution in [0.4, 0.5) is 0 Å². The summed E-state index contributed by atoms with van der Waals surface area (Å²) in [7, 11) is 4.50. The molecular weight excluding hydrogens is 152 g/mol. The van der Waals surface area contributed by atoms with E-state index in [0.29, 0.717) is 0 Å². The summed E-state index contributed by atoms with van der Waals surface area (Å²) in [6.45, 7) is 0. The smallest absolute Gasteiger partial charge is 1.00 e. The molecular formula is C8H23Li2N3. The van der Waals surface area contributed by atoms with E-state index in [0.717, 1.165) is 6.42 Å². The van der Waals surface area contributed by atoms with Crippen LogP contribution in [0.2, 0.25) is 0 Å². The third-order valence-electron chi connectivity index (χ3n) is 0.655. The fourth-order valence-electron chi connectivity index (χ4n) is 0.393. The van der Waals surface area contributed by atoms with Crippen molar-refractivity contribution in [3.63, 3.8) is 0 Å². The first-order valence-corrected chi connectivity index (χ1v) is 3.55. The molecule has 0 radical (unpaired) electrons. The molecule has 3 nitrogen and oxygen atoms in total. The Hall–Kier alpha value is 0.555. The van der Waals surface area contributed by atoms with E-state index in [4.69, 9.17) is 0 Å². The molecule has 0 amide bonds. The summed E-state index contributed by atoms with van der Waals surface area (Å²) in [5.41, 5.74) is 13.5. The van der Waals surface area contributed by atoms with Gasteiger partial charge in [-0.2, -0.15) is 0 Å². The Balaban J connectivity index is -0.0000000117. The van der Waals surface area contributed by atoms with E-state index in [1.54, 1.807) is 0 Å². The van der Waals surface area contributed by atoms with E-state index in [2.05, 4.69) is 41.5 Å². The third kappa shape index (κ3) is 45.3. The zero-order valence-electron chi connectivity index (χ0n) is 11.7. The van der Waals surface area contributed by atoms with E-state index in [-0.39, 0.29) is 40.6 Å². The molecule has 0 aliphatic heterocycles. The summed E-state index contributed by atoms with van der Waals surface area (Å²) in [5, 5.41) is 0. The van der Waals surface area contributed by atoms with Gasteiger partial charge in [0.05, 0.1) is 0 Å². The minimum absolute atomic E-state index is 0. The van der Waals surface area contributed by atoms with Crippen LogP contribution in [0, 0.1) is 0 Å². The number of rotatable bonds is 0. The Labute approximate surface area is 110 Å². The summed E-state index contributed by atoms with van der Waals surface area (Å²) >= 11 is 0. The molecule has 0 bridgehead atoms. The van der Waals surface area contributed by atoms with Gasteiger partial charge in [0.2, 0.25) is 0 Å². The van der Waals surface area contributed by atoms with Gasteiger partial charge < -0.3 is 20.1 Å². The van der Waals surface area contributed by atoms with Crippen molar-refractivity contribution in [1.82, 2.24) is 0 Å². The Morgan fingerprint density at radius 2 is 1.00 bits per heavy atom. The molecule has 0 spiro atoms. The molecule has 72 valence electrons. The Morgan fingerprint density at radius 1 is 0.769 bits per heavy atom. The Kier molecular flexibility index (Phi) is 122. The SMILES string of the molecule is C1=CCC=C1.CN.CN.CN.[H-].[H-].[Li+].[Li+].